The summed E-state index contributed by atoms with van der Waals surface area (Å²) in [5, 5.41) is 5.69. The molecule has 4 rings (SSSR count). The van der Waals surface area contributed by atoms with Gasteiger partial charge in [0.2, 0.25) is 0 Å². The summed E-state index contributed by atoms with van der Waals surface area (Å²) < 4.78 is 7.20. The summed E-state index contributed by atoms with van der Waals surface area (Å²) in [4.78, 5) is 28.6. The molecule has 0 aliphatic carbocycles. The Kier molecular flexibility index (Phi) is 5.00. The monoisotopic (exact) mass is 380 g/mol. The van der Waals surface area contributed by atoms with Crippen LogP contribution in [0.3, 0.4) is 0 Å². The number of aryl methyl sites for hydroxylation is 2. The maximum Gasteiger partial charge on any atom is 0.266 e. The number of rotatable bonds is 4. The number of benzene rings is 1. The van der Waals surface area contributed by atoms with E-state index in [1.54, 1.807) is 4.52 Å². The summed E-state index contributed by atoms with van der Waals surface area (Å²) in [6.45, 7) is 5.72. The maximum atomic E-state index is 12.6. The Hall–Kier alpha value is -2.93. The Balaban J connectivity index is 1.47. The normalized spacial score (nSPS) is 17.0. The van der Waals surface area contributed by atoms with E-state index in [1.165, 1.54) is 11.6 Å². The molecule has 0 saturated carbocycles. The van der Waals surface area contributed by atoms with Crippen molar-refractivity contribution in [1.82, 2.24) is 19.9 Å². The molecule has 0 radical (unpaired) electrons. The first kappa shape index (κ1) is 18.4. The van der Waals surface area contributed by atoms with Crippen LogP contribution >= 0.6 is 0 Å². The number of H-pyrrole nitrogens is 1. The van der Waals surface area contributed by atoms with Crippen LogP contribution in [0.15, 0.2) is 35.1 Å². The Labute approximate surface area is 162 Å². The van der Waals surface area contributed by atoms with Gasteiger partial charge in [0, 0.05) is 47.7 Å². The van der Waals surface area contributed by atoms with Crippen LogP contribution in [0.2, 0.25) is 0 Å². The molecule has 2 N–H and O–H groups in total. The van der Waals surface area contributed by atoms with Gasteiger partial charge in [0.1, 0.15) is 0 Å². The average molecular weight is 380 g/mol. The lowest BCUT2D eigenvalue weighted by Gasteiger charge is -2.22. The topological polar surface area (TPSA) is 88.5 Å². The number of amides is 1. The number of carbonyl (C=O) groups is 1. The Bertz CT molecular complexity index is 1060. The molecule has 28 heavy (non-hydrogen) atoms. The second kappa shape index (κ2) is 7.59. The highest BCUT2D eigenvalue weighted by atomic mass is 16.5. The largest absolute Gasteiger partial charge is 0.381 e. The van der Waals surface area contributed by atoms with Crippen LogP contribution in [-0.2, 0) is 11.3 Å². The molecule has 7 heteroatoms. The molecule has 1 aromatic carbocycles. The van der Waals surface area contributed by atoms with Gasteiger partial charge in [-0.05, 0) is 44.4 Å². The van der Waals surface area contributed by atoms with Crippen molar-refractivity contribution in [2.75, 3.05) is 13.2 Å². The molecule has 2 aromatic heterocycles. The summed E-state index contributed by atoms with van der Waals surface area (Å²) in [6.07, 6.45) is 2.21. The van der Waals surface area contributed by atoms with Gasteiger partial charge in [-0.2, -0.15) is 0 Å². The van der Waals surface area contributed by atoms with Crippen LogP contribution in [0.4, 0.5) is 0 Å². The van der Waals surface area contributed by atoms with E-state index in [0.717, 1.165) is 43.0 Å². The van der Waals surface area contributed by atoms with Crippen LogP contribution in [0.25, 0.3) is 5.65 Å². The molecule has 0 spiro atoms. The lowest BCUT2D eigenvalue weighted by molar-refractivity contribution is 0.0804. The van der Waals surface area contributed by atoms with E-state index in [1.807, 2.05) is 38.1 Å². The summed E-state index contributed by atoms with van der Waals surface area (Å²) in [6, 6.07) is 9.22. The van der Waals surface area contributed by atoms with E-state index in [9.17, 15) is 9.59 Å². The highest BCUT2D eigenvalue weighted by molar-refractivity contribution is 5.94. The number of ether oxygens (including phenoxy) is 1. The average Bonchev–Trinajstić information content (AvgIpc) is 3.09. The molecule has 1 atom stereocenters. The van der Waals surface area contributed by atoms with Crippen LogP contribution < -0.4 is 10.9 Å². The third-order valence-corrected chi connectivity index (χ3v) is 5.43. The van der Waals surface area contributed by atoms with Gasteiger partial charge < -0.3 is 10.1 Å². The Morgan fingerprint density at radius 1 is 1.32 bits per heavy atom. The summed E-state index contributed by atoms with van der Waals surface area (Å²) >= 11 is 0. The summed E-state index contributed by atoms with van der Waals surface area (Å²) in [5.41, 5.74) is 4.77. The number of nitrogens with zero attached hydrogens (tertiary/aromatic N) is 2. The molecular weight excluding hydrogens is 356 g/mol. The molecule has 0 bridgehead atoms. The van der Waals surface area contributed by atoms with E-state index in [-0.39, 0.29) is 11.5 Å². The third kappa shape index (κ3) is 3.57. The first-order valence-electron chi connectivity index (χ1n) is 9.56. The molecule has 146 valence electrons. The smallest absolute Gasteiger partial charge is 0.266 e. The van der Waals surface area contributed by atoms with Gasteiger partial charge in [-0.1, -0.05) is 12.1 Å². The highest BCUT2D eigenvalue weighted by Gasteiger charge is 2.17. The fourth-order valence-corrected chi connectivity index (χ4v) is 3.79. The predicted octanol–water partition coefficient (Wildman–Crippen LogP) is 2.46. The second-order valence-corrected chi connectivity index (χ2v) is 7.29. The van der Waals surface area contributed by atoms with Gasteiger partial charge in [-0.3, -0.25) is 14.7 Å². The van der Waals surface area contributed by atoms with Crippen LogP contribution in [0.1, 0.15) is 51.6 Å². The van der Waals surface area contributed by atoms with E-state index < -0.39 is 0 Å². The minimum absolute atomic E-state index is 0.133. The second-order valence-electron chi connectivity index (χ2n) is 7.29. The standard InChI is InChI=1S/C21H24N4O3/c1-13-18(14(2)25-19(23-13)10-20(26)24-25)11-22-21(27)16-7-5-15(6-8-16)17-4-3-9-28-12-17/h5-8,10,17H,3-4,9,11-12H2,1-2H3,(H,22,27)(H,24,26). The van der Waals surface area contributed by atoms with Crippen LogP contribution in [-0.4, -0.2) is 33.7 Å². The van der Waals surface area contributed by atoms with Gasteiger partial charge in [0.15, 0.2) is 5.65 Å². The molecule has 1 saturated heterocycles. The zero-order valence-electron chi connectivity index (χ0n) is 16.1. The van der Waals surface area contributed by atoms with Crippen molar-refractivity contribution in [1.29, 1.82) is 0 Å². The van der Waals surface area contributed by atoms with Crippen molar-refractivity contribution < 1.29 is 9.53 Å². The van der Waals surface area contributed by atoms with Gasteiger partial charge >= 0.3 is 0 Å². The number of aromatic amines is 1. The molecule has 7 nitrogen and oxygen atoms in total. The quantitative estimate of drug-likeness (QED) is 0.728. The minimum atomic E-state index is -0.195. The number of hydrogen-bond acceptors (Lipinski definition) is 4. The number of hydrogen-bond donors (Lipinski definition) is 2. The van der Waals surface area contributed by atoms with E-state index >= 15 is 0 Å². The van der Waals surface area contributed by atoms with Gasteiger partial charge in [-0.25, -0.2) is 9.50 Å². The maximum absolute atomic E-state index is 12.6. The lowest BCUT2D eigenvalue weighted by atomic mass is 9.93. The molecule has 1 aliphatic rings. The third-order valence-electron chi connectivity index (χ3n) is 5.43. The summed E-state index contributed by atoms with van der Waals surface area (Å²) in [7, 11) is 0. The van der Waals surface area contributed by atoms with E-state index in [4.69, 9.17) is 4.74 Å². The molecule has 1 fully saturated rings. The minimum Gasteiger partial charge on any atom is -0.381 e. The van der Waals surface area contributed by atoms with Crippen molar-refractivity contribution in [2.45, 2.75) is 39.2 Å². The predicted molar refractivity (Wildman–Crippen MR) is 106 cm³/mol. The number of fused-ring (bicyclic) bond motifs is 1. The van der Waals surface area contributed by atoms with Crippen LogP contribution in [0, 0.1) is 13.8 Å². The molecule has 1 amide bonds. The molecule has 3 aromatic rings. The van der Waals surface area contributed by atoms with Gasteiger partial charge in [-0.15, -0.1) is 0 Å². The molecule has 1 aliphatic heterocycles. The van der Waals surface area contributed by atoms with Crippen molar-refractivity contribution in [3.05, 3.63) is 68.8 Å². The van der Waals surface area contributed by atoms with Gasteiger partial charge in [0.05, 0.1) is 6.61 Å². The first-order chi connectivity index (χ1) is 13.5. The van der Waals surface area contributed by atoms with Crippen molar-refractivity contribution >= 4 is 11.6 Å². The number of nitrogens with one attached hydrogen (secondary N) is 2. The van der Waals surface area contributed by atoms with E-state index in [0.29, 0.717) is 23.7 Å². The highest BCUT2D eigenvalue weighted by Crippen LogP contribution is 2.25. The fraction of sp³-hybridized carbons (Fsp3) is 0.381. The molecular formula is C21H24N4O3. The SMILES string of the molecule is Cc1nc2cc(=O)[nH]n2c(C)c1CNC(=O)c1ccc(C2CCCOC2)cc1. The van der Waals surface area contributed by atoms with Crippen molar-refractivity contribution in [3.8, 4) is 0 Å². The fourth-order valence-electron chi connectivity index (χ4n) is 3.79. The Morgan fingerprint density at radius 2 is 2.11 bits per heavy atom. The van der Waals surface area contributed by atoms with E-state index in [2.05, 4.69) is 15.4 Å². The lowest BCUT2D eigenvalue weighted by Crippen LogP contribution is -2.24. The zero-order chi connectivity index (χ0) is 19.7. The van der Waals surface area contributed by atoms with Crippen molar-refractivity contribution in [3.63, 3.8) is 0 Å². The first-order valence-corrected chi connectivity index (χ1v) is 9.56. The number of carbonyl (C=O) groups excluding carboxylic acids is 1. The number of aromatic nitrogens is 3. The van der Waals surface area contributed by atoms with Crippen LogP contribution in [0.5, 0.6) is 0 Å². The molecule has 3 heterocycles. The van der Waals surface area contributed by atoms with Crippen molar-refractivity contribution in [2.24, 2.45) is 0 Å². The summed E-state index contributed by atoms with van der Waals surface area (Å²) in [5.74, 6) is 0.282. The zero-order valence-corrected chi connectivity index (χ0v) is 16.1. The Morgan fingerprint density at radius 3 is 2.82 bits per heavy atom. The van der Waals surface area contributed by atoms with Gasteiger partial charge in [0.25, 0.3) is 11.5 Å². The molecule has 1 unspecified atom stereocenters.